The maximum Gasteiger partial charge on any atom is 0.410 e. The third-order valence-electron chi connectivity index (χ3n) is 6.18. The number of carbonyl (C=O) groups is 1. The highest BCUT2D eigenvalue weighted by Gasteiger charge is 2.35. The van der Waals surface area contributed by atoms with Crippen LogP contribution in [0.1, 0.15) is 33.6 Å². The summed E-state index contributed by atoms with van der Waals surface area (Å²) in [5.74, 6) is 2.40. The molecule has 12 nitrogen and oxygen atoms in total. The summed E-state index contributed by atoms with van der Waals surface area (Å²) in [7, 11) is 0. The van der Waals surface area contributed by atoms with Crippen molar-refractivity contribution in [3.63, 3.8) is 0 Å². The van der Waals surface area contributed by atoms with Crippen molar-refractivity contribution in [1.82, 2.24) is 34.4 Å². The molecule has 34 heavy (non-hydrogen) atoms. The molecule has 2 aliphatic rings. The normalized spacial score (nSPS) is 21.4. The number of nitrogens with two attached hydrogens (primary N) is 1. The topological polar surface area (TPSA) is 140 Å². The number of carbonyl (C=O) groups excluding carboxylic acids is 1. The summed E-state index contributed by atoms with van der Waals surface area (Å²) in [5, 5.41) is 7.64. The monoisotopic (exact) mass is 469 g/mol. The van der Waals surface area contributed by atoms with Crippen molar-refractivity contribution in [2.24, 2.45) is 5.92 Å². The van der Waals surface area contributed by atoms with E-state index in [4.69, 9.17) is 14.9 Å². The molecule has 0 aromatic carbocycles. The molecule has 2 aliphatic heterocycles. The number of rotatable bonds is 4. The van der Waals surface area contributed by atoms with Gasteiger partial charge in [0.2, 0.25) is 17.7 Å². The van der Waals surface area contributed by atoms with Gasteiger partial charge in [-0.15, -0.1) is 5.10 Å². The van der Waals surface area contributed by atoms with Crippen LogP contribution in [0.3, 0.4) is 0 Å². The number of ether oxygens (including phenoxy) is 1. The number of anilines is 2. The summed E-state index contributed by atoms with van der Waals surface area (Å²) in [5.41, 5.74) is 5.61. The second kappa shape index (κ2) is 8.75. The first-order valence-electron chi connectivity index (χ1n) is 11.7. The average molecular weight is 470 g/mol. The maximum absolute atomic E-state index is 12.4. The number of nitrogen functional groups attached to an aromatic ring is 1. The third kappa shape index (κ3) is 4.76. The number of piperidine rings is 1. The Morgan fingerprint density at radius 1 is 1.24 bits per heavy atom. The fourth-order valence-electron chi connectivity index (χ4n) is 4.55. The molecule has 0 radical (unpaired) electrons. The molecule has 0 spiro atoms. The van der Waals surface area contributed by atoms with Crippen LogP contribution >= 0.6 is 0 Å². The Morgan fingerprint density at radius 3 is 2.85 bits per heavy atom. The van der Waals surface area contributed by atoms with E-state index in [1.165, 1.54) is 4.52 Å². The highest BCUT2D eigenvalue weighted by Crippen LogP contribution is 2.26. The van der Waals surface area contributed by atoms with Gasteiger partial charge >= 0.3 is 6.09 Å². The fourth-order valence-corrected chi connectivity index (χ4v) is 4.55. The molecule has 182 valence electrons. The molecule has 0 bridgehead atoms. The van der Waals surface area contributed by atoms with Gasteiger partial charge in [0.25, 0.3) is 5.78 Å². The SMILES string of the molecule is CC(C)(C)OC(=O)N1CCN2C[C@@H](CNc3nc(N)n4nc(-c5ccco5)nc4n3)CC[C@H]2C1. The average Bonchev–Trinajstić information content (AvgIpc) is 3.46. The number of hydrogen-bond acceptors (Lipinski definition) is 10. The van der Waals surface area contributed by atoms with Crippen LogP contribution in [0.15, 0.2) is 22.8 Å². The van der Waals surface area contributed by atoms with Crippen LogP contribution in [-0.2, 0) is 4.74 Å². The molecule has 0 aliphatic carbocycles. The van der Waals surface area contributed by atoms with Crippen LogP contribution in [0.2, 0.25) is 0 Å². The van der Waals surface area contributed by atoms with Gasteiger partial charge < -0.3 is 25.1 Å². The first-order chi connectivity index (χ1) is 16.2. The van der Waals surface area contributed by atoms with Gasteiger partial charge in [-0.25, -0.2) is 4.79 Å². The lowest BCUT2D eigenvalue weighted by atomic mass is 9.91. The van der Waals surface area contributed by atoms with Crippen molar-refractivity contribution in [2.45, 2.75) is 45.3 Å². The third-order valence-corrected chi connectivity index (χ3v) is 6.18. The smallest absolute Gasteiger partial charge is 0.410 e. The van der Waals surface area contributed by atoms with Crippen molar-refractivity contribution in [1.29, 1.82) is 0 Å². The van der Waals surface area contributed by atoms with Crippen molar-refractivity contribution in [2.75, 3.05) is 43.8 Å². The Labute approximate surface area is 197 Å². The molecule has 12 heteroatoms. The number of fused-ring (bicyclic) bond motifs is 2. The van der Waals surface area contributed by atoms with Gasteiger partial charge in [0.1, 0.15) is 5.60 Å². The molecule has 2 fully saturated rings. The molecule has 2 saturated heterocycles. The van der Waals surface area contributed by atoms with Crippen molar-refractivity contribution >= 4 is 23.8 Å². The predicted molar refractivity (Wildman–Crippen MR) is 125 cm³/mol. The Balaban J connectivity index is 1.17. The van der Waals surface area contributed by atoms with Crippen LogP contribution in [0, 0.1) is 5.92 Å². The van der Waals surface area contributed by atoms with Crippen molar-refractivity contribution in [3.05, 3.63) is 18.4 Å². The molecular weight excluding hydrogens is 438 g/mol. The Kier molecular flexibility index (Phi) is 5.76. The maximum atomic E-state index is 12.4. The lowest BCUT2D eigenvalue weighted by molar-refractivity contribution is -0.00791. The molecule has 1 amide bonds. The zero-order valence-electron chi connectivity index (χ0n) is 19.8. The summed E-state index contributed by atoms with van der Waals surface area (Å²) in [6, 6.07) is 3.92. The lowest BCUT2D eigenvalue weighted by Crippen LogP contribution is -2.58. The van der Waals surface area contributed by atoms with Crippen LogP contribution in [-0.4, -0.2) is 84.8 Å². The van der Waals surface area contributed by atoms with Gasteiger partial charge in [0.15, 0.2) is 5.76 Å². The van der Waals surface area contributed by atoms with Gasteiger partial charge in [-0.05, 0) is 51.7 Å². The number of furan rings is 1. The van der Waals surface area contributed by atoms with E-state index in [1.54, 1.807) is 18.4 Å². The largest absolute Gasteiger partial charge is 0.461 e. The van der Waals surface area contributed by atoms with Crippen LogP contribution in [0.5, 0.6) is 0 Å². The summed E-state index contributed by atoms with van der Waals surface area (Å²) < 4.78 is 12.3. The second-order valence-corrected chi connectivity index (χ2v) is 9.93. The van der Waals surface area contributed by atoms with Gasteiger partial charge in [0.05, 0.1) is 6.26 Å². The van der Waals surface area contributed by atoms with E-state index in [-0.39, 0.29) is 12.0 Å². The Hall–Kier alpha value is -3.41. The van der Waals surface area contributed by atoms with E-state index in [2.05, 4.69) is 30.3 Å². The second-order valence-electron chi connectivity index (χ2n) is 9.93. The first-order valence-corrected chi connectivity index (χ1v) is 11.7. The molecule has 5 heterocycles. The molecule has 2 atom stereocenters. The van der Waals surface area contributed by atoms with Crippen molar-refractivity contribution in [3.8, 4) is 11.6 Å². The van der Waals surface area contributed by atoms with Gasteiger partial charge in [-0.1, -0.05) is 0 Å². The zero-order valence-corrected chi connectivity index (χ0v) is 19.8. The zero-order chi connectivity index (χ0) is 23.9. The standard InChI is InChI=1S/C22H31N9O3/c1-22(2,3)34-21(32)30-9-8-29-12-14(6-7-15(29)13-30)11-24-19-26-18(23)31-20(27-19)25-17(28-31)16-5-4-10-33-16/h4-5,10,14-15H,6-9,11-13H2,1-3H3,(H3,23,24,25,26,27,28)/t14-,15+/m1/s1. The minimum absolute atomic E-state index is 0.208. The lowest BCUT2D eigenvalue weighted by Gasteiger charge is -2.46. The minimum atomic E-state index is -0.473. The van der Waals surface area contributed by atoms with Gasteiger partial charge in [-0.2, -0.15) is 19.5 Å². The van der Waals surface area contributed by atoms with Gasteiger partial charge in [-0.3, -0.25) is 4.90 Å². The summed E-state index contributed by atoms with van der Waals surface area (Å²) in [6.45, 7) is 9.65. The molecular formula is C22H31N9O3. The molecule has 0 saturated carbocycles. The predicted octanol–water partition coefficient (Wildman–Crippen LogP) is 2.10. The number of piperazine rings is 1. The molecule has 5 rings (SSSR count). The number of amides is 1. The van der Waals surface area contributed by atoms with E-state index in [1.807, 2.05) is 25.7 Å². The summed E-state index contributed by atoms with van der Waals surface area (Å²) in [6.07, 6.45) is 3.44. The minimum Gasteiger partial charge on any atom is -0.461 e. The molecule has 0 unspecified atom stereocenters. The summed E-state index contributed by atoms with van der Waals surface area (Å²) in [4.78, 5) is 30.0. The van der Waals surface area contributed by atoms with Gasteiger partial charge in [0, 0.05) is 38.8 Å². The summed E-state index contributed by atoms with van der Waals surface area (Å²) >= 11 is 0. The van der Waals surface area contributed by atoms with Crippen LogP contribution in [0.4, 0.5) is 16.7 Å². The van der Waals surface area contributed by atoms with Crippen LogP contribution in [0.25, 0.3) is 17.4 Å². The van der Waals surface area contributed by atoms with E-state index < -0.39 is 5.60 Å². The van der Waals surface area contributed by atoms with E-state index in [0.717, 1.165) is 39.0 Å². The van der Waals surface area contributed by atoms with Crippen molar-refractivity contribution < 1.29 is 13.9 Å². The highest BCUT2D eigenvalue weighted by molar-refractivity contribution is 5.68. The molecule has 3 aromatic heterocycles. The fraction of sp³-hybridized carbons (Fsp3) is 0.591. The van der Waals surface area contributed by atoms with E-state index in [9.17, 15) is 4.79 Å². The van der Waals surface area contributed by atoms with E-state index >= 15 is 0 Å². The molecule has 3 N–H and O–H groups in total. The number of nitrogens with one attached hydrogen (secondary N) is 1. The number of hydrogen-bond donors (Lipinski definition) is 2. The highest BCUT2D eigenvalue weighted by atomic mass is 16.6. The van der Waals surface area contributed by atoms with Crippen LogP contribution < -0.4 is 11.1 Å². The Bertz CT molecular complexity index is 1150. The Morgan fingerprint density at radius 2 is 2.09 bits per heavy atom. The van der Waals surface area contributed by atoms with E-state index in [0.29, 0.717) is 41.8 Å². The number of nitrogens with zero attached hydrogens (tertiary/aromatic N) is 7. The number of aromatic nitrogens is 5. The molecule has 3 aromatic rings. The quantitative estimate of drug-likeness (QED) is 0.584. The first kappa shape index (κ1) is 22.4.